The molecule has 1 unspecified atom stereocenters. The first-order chi connectivity index (χ1) is 16.6. The summed E-state index contributed by atoms with van der Waals surface area (Å²) in [4.78, 5) is 40.6. The number of ether oxygens (including phenoxy) is 1. The molecule has 0 aromatic heterocycles. The van der Waals surface area contributed by atoms with Crippen LogP contribution in [0.1, 0.15) is 69.7 Å². The van der Waals surface area contributed by atoms with Gasteiger partial charge < -0.3 is 20.3 Å². The smallest absolute Gasteiger partial charge is 0.408 e. The zero-order valence-electron chi connectivity index (χ0n) is 21.6. The normalized spacial score (nSPS) is 11.9. The van der Waals surface area contributed by atoms with Gasteiger partial charge in [0.2, 0.25) is 11.8 Å². The van der Waals surface area contributed by atoms with Crippen LogP contribution in [0.15, 0.2) is 54.6 Å². The molecule has 2 aromatic carbocycles. The average molecular weight is 482 g/mol. The summed E-state index contributed by atoms with van der Waals surface area (Å²) >= 11 is 0. The van der Waals surface area contributed by atoms with Crippen LogP contribution in [-0.2, 0) is 20.9 Å². The molecule has 1 atom stereocenters. The largest absolute Gasteiger partial charge is 0.444 e. The van der Waals surface area contributed by atoms with Gasteiger partial charge in [-0.2, -0.15) is 0 Å². The molecule has 2 rings (SSSR count). The van der Waals surface area contributed by atoms with Crippen molar-refractivity contribution in [3.8, 4) is 0 Å². The zero-order chi connectivity index (χ0) is 25.8. The van der Waals surface area contributed by atoms with Crippen LogP contribution in [0.25, 0.3) is 0 Å². The van der Waals surface area contributed by atoms with Crippen molar-refractivity contribution in [3.63, 3.8) is 0 Å². The summed E-state index contributed by atoms with van der Waals surface area (Å²) in [6, 6.07) is 16.5. The lowest BCUT2D eigenvalue weighted by Gasteiger charge is -2.32. The first-order valence-electron chi connectivity index (χ1n) is 12.2. The molecule has 0 aliphatic heterocycles. The van der Waals surface area contributed by atoms with E-state index < -0.39 is 17.7 Å². The first-order valence-corrected chi connectivity index (χ1v) is 12.2. The van der Waals surface area contributed by atoms with Crippen molar-refractivity contribution in [2.24, 2.45) is 0 Å². The predicted octanol–water partition coefficient (Wildman–Crippen LogP) is 4.90. The second kappa shape index (κ2) is 13.5. The number of aryl methyl sites for hydroxylation is 1. The van der Waals surface area contributed by atoms with Crippen molar-refractivity contribution in [1.82, 2.24) is 15.5 Å². The number of nitrogens with one attached hydrogen (secondary N) is 2. The van der Waals surface area contributed by atoms with Gasteiger partial charge in [-0.05, 0) is 45.2 Å². The van der Waals surface area contributed by atoms with Gasteiger partial charge in [-0.1, -0.05) is 79.9 Å². The van der Waals surface area contributed by atoms with E-state index in [0.29, 0.717) is 13.1 Å². The van der Waals surface area contributed by atoms with Crippen molar-refractivity contribution in [2.75, 3.05) is 13.1 Å². The number of nitrogens with zero attached hydrogens (tertiary/aromatic N) is 1. The van der Waals surface area contributed by atoms with Crippen LogP contribution in [0.4, 0.5) is 4.79 Å². The van der Waals surface area contributed by atoms with E-state index in [0.717, 1.165) is 36.0 Å². The van der Waals surface area contributed by atoms with Crippen LogP contribution < -0.4 is 10.6 Å². The Bertz CT molecular complexity index is 970. The van der Waals surface area contributed by atoms with Gasteiger partial charge in [-0.3, -0.25) is 9.59 Å². The monoisotopic (exact) mass is 481 g/mol. The molecular formula is C28H39N3O4. The lowest BCUT2D eigenvalue weighted by atomic mass is 10.0. The molecule has 190 valence electrons. The molecule has 7 heteroatoms. The molecule has 0 fully saturated rings. The van der Waals surface area contributed by atoms with Gasteiger partial charge in [-0.25, -0.2) is 4.79 Å². The minimum absolute atomic E-state index is 0.255. The highest BCUT2D eigenvalue weighted by molar-refractivity contribution is 5.90. The molecule has 2 aromatic rings. The second-order valence-electron chi connectivity index (χ2n) is 9.67. The third-order valence-electron chi connectivity index (χ3n) is 5.33. The third-order valence-corrected chi connectivity index (χ3v) is 5.33. The minimum atomic E-state index is -0.816. The number of carbonyl (C=O) groups excluding carboxylic acids is 3. The van der Waals surface area contributed by atoms with E-state index in [4.69, 9.17) is 4.74 Å². The fourth-order valence-electron chi connectivity index (χ4n) is 3.69. The van der Waals surface area contributed by atoms with E-state index in [1.165, 1.54) is 0 Å². The fourth-order valence-corrected chi connectivity index (χ4v) is 3.69. The second-order valence-corrected chi connectivity index (χ2v) is 9.67. The summed E-state index contributed by atoms with van der Waals surface area (Å²) < 4.78 is 5.26. The highest BCUT2D eigenvalue weighted by Gasteiger charge is 2.31. The Kier molecular flexibility index (Phi) is 10.8. The summed E-state index contributed by atoms with van der Waals surface area (Å²) in [5.74, 6) is -0.602. The number of unbranched alkanes of at least 4 members (excludes halogenated alkanes) is 2. The van der Waals surface area contributed by atoms with E-state index in [1.54, 1.807) is 25.7 Å². The summed E-state index contributed by atoms with van der Waals surface area (Å²) in [6.45, 7) is 9.82. The van der Waals surface area contributed by atoms with E-state index in [-0.39, 0.29) is 18.4 Å². The molecule has 0 saturated heterocycles. The molecule has 35 heavy (non-hydrogen) atoms. The van der Waals surface area contributed by atoms with Gasteiger partial charge >= 0.3 is 6.09 Å². The highest BCUT2D eigenvalue weighted by Crippen LogP contribution is 2.24. The van der Waals surface area contributed by atoms with Crippen LogP contribution in [-0.4, -0.2) is 41.5 Å². The van der Waals surface area contributed by atoms with E-state index >= 15 is 0 Å². The van der Waals surface area contributed by atoms with Gasteiger partial charge in [0.25, 0.3) is 0 Å². The third kappa shape index (κ3) is 9.81. The van der Waals surface area contributed by atoms with Gasteiger partial charge in [0.15, 0.2) is 0 Å². The first kappa shape index (κ1) is 27.9. The van der Waals surface area contributed by atoms with Crippen molar-refractivity contribution >= 4 is 17.9 Å². The number of hydrogen-bond acceptors (Lipinski definition) is 4. The van der Waals surface area contributed by atoms with Gasteiger partial charge in [0.05, 0.1) is 0 Å². The maximum absolute atomic E-state index is 13.5. The number of alkyl carbamates (subject to hydrolysis) is 1. The van der Waals surface area contributed by atoms with E-state index in [2.05, 4.69) is 17.6 Å². The number of carbonyl (C=O) groups is 3. The molecular weight excluding hydrogens is 442 g/mol. The standard InChI is InChI=1S/C28H39N3O4/c1-6-7-11-17-31(24(32)20-30-27(34)35-28(3,4)5)25(23-16-12-13-21(2)18-23)26(33)29-19-22-14-9-8-10-15-22/h8-10,12-16,18,25H,6-7,11,17,19-20H2,1-5H3,(H,29,33)(H,30,34). The lowest BCUT2D eigenvalue weighted by molar-refractivity contribution is -0.140. The summed E-state index contributed by atoms with van der Waals surface area (Å²) in [5.41, 5.74) is 2.03. The number of amides is 3. The summed E-state index contributed by atoms with van der Waals surface area (Å²) in [5, 5.41) is 5.53. The Labute approximate surface area is 209 Å². The Balaban J connectivity index is 2.28. The fraction of sp³-hybridized carbons (Fsp3) is 0.464. The van der Waals surface area contributed by atoms with Crippen LogP contribution in [0.5, 0.6) is 0 Å². The Morgan fingerprint density at radius 3 is 2.31 bits per heavy atom. The van der Waals surface area contributed by atoms with Crippen molar-refractivity contribution in [2.45, 2.75) is 72.1 Å². The van der Waals surface area contributed by atoms with Crippen LogP contribution in [0.3, 0.4) is 0 Å². The molecule has 0 saturated carbocycles. The Morgan fingerprint density at radius 2 is 1.69 bits per heavy atom. The van der Waals surface area contributed by atoms with Gasteiger partial charge in [-0.15, -0.1) is 0 Å². The highest BCUT2D eigenvalue weighted by atomic mass is 16.6. The molecule has 0 heterocycles. The topological polar surface area (TPSA) is 87.7 Å². The SMILES string of the molecule is CCCCCN(C(=O)CNC(=O)OC(C)(C)C)C(C(=O)NCc1ccccc1)c1cccc(C)c1. The minimum Gasteiger partial charge on any atom is -0.444 e. The molecule has 0 radical (unpaired) electrons. The van der Waals surface area contributed by atoms with Gasteiger partial charge in [0.1, 0.15) is 18.2 Å². The van der Waals surface area contributed by atoms with Crippen molar-refractivity contribution in [1.29, 1.82) is 0 Å². The quantitative estimate of drug-likeness (QED) is 0.447. The molecule has 2 N–H and O–H groups in total. The Hall–Kier alpha value is -3.35. The molecule has 0 aliphatic rings. The summed E-state index contributed by atoms with van der Waals surface area (Å²) in [7, 11) is 0. The average Bonchev–Trinajstić information content (AvgIpc) is 2.80. The van der Waals surface area contributed by atoms with Crippen molar-refractivity contribution in [3.05, 3.63) is 71.3 Å². The zero-order valence-corrected chi connectivity index (χ0v) is 21.6. The predicted molar refractivity (Wildman–Crippen MR) is 138 cm³/mol. The van der Waals surface area contributed by atoms with E-state index in [1.807, 2.05) is 61.5 Å². The molecule has 0 bridgehead atoms. The van der Waals surface area contributed by atoms with Crippen LogP contribution in [0.2, 0.25) is 0 Å². The van der Waals surface area contributed by atoms with Crippen LogP contribution >= 0.6 is 0 Å². The molecule has 3 amide bonds. The number of benzene rings is 2. The number of hydrogen-bond donors (Lipinski definition) is 2. The van der Waals surface area contributed by atoms with E-state index in [9.17, 15) is 14.4 Å². The molecule has 0 aliphatic carbocycles. The molecule has 7 nitrogen and oxygen atoms in total. The van der Waals surface area contributed by atoms with Gasteiger partial charge in [0, 0.05) is 13.1 Å². The van der Waals surface area contributed by atoms with Crippen molar-refractivity contribution < 1.29 is 19.1 Å². The Morgan fingerprint density at radius 1 is 0.971 bits per heavy atom. The molecule has 0 spiro atoms. The number of rotatable bonds is 11. The lowest BCUT2D eigenvalue weighted by Crippen LogP contribution is -2.48. The van der Waals surface area contributed by atoms with Crippen LogP contribution in [0, 0.1) is 6.92 Å². The maximum atomic E-state index is 13.5. The maximum Gasteiger partial charge on any atom is 0.408 e. The summed E-state index contributed by atoms with van der Waals surface area (Å²) in [6.07, 6.45) is 1.99.